The highest BCUT2D eigenvalue weighted by Gasteiger charge is 2.40. The van der Waals surface area contributed by atoms with E-state index in [0.29, 0.717) is 36.9 Å². The number of imidazole rings is 1. The number of likely N-dealkylation sites (tertiary alicyclic amines) is 1. The molecule has 2 saturated heterocycles. The lowest BCUT2D eigenvalue weighted by Crippen LogP contribution is -2.44. The summed E-state index contributed by atoms with van der Waals surface area (Å²) in [6, 6.07) is 1.00. The molecule has 0 amide bonds. The number of nitrogens with zero attached hydrogens (tertiary/aromatic N) is 6. The maximum atomic E-state index is 14.3. The van der Waals surface area contributed by atoms with E-state index >= 15 is 0 Å². The van der Waals surface area contributed by atoms with E-state index in [1.54, 1.807) is 12.5 Å². The maximum absolute atomic E-state index is 14.3. The minimum absolute atomic E-state index is 0.0748. The molecule has 2 unspecified atom stereocenters. The molecule has 3 aromatic rings. The zero-order chi connectivity index (χ0) is 27.3. The third-order valence-electron chi connectivity index (χ3n) is 9.27. The highest BCUT2D eigenvalue weighted by molar-refractivity contribution is 5.56. The molecule has 0 bridgehead atoms. The molecule has 4 atom stereocenters. The fourth-order valence-electron chi connectivity index (χ4n) is 7.16. The minimum Gasteiger partial charge on any atom is -0.320 e. The van der Waals surface area contributed by atoms with E-state index in [1.165, 1.54) is 27.7 Å². The number of aryl methyl sites for hydroxylation is 1. The molecule has 3 fully saturated rings. The van der Waals surface area contributed by atoms with Crippen molar-refractivity contribution in [3.05, 3.63) is 52.2 Å². The van der Waals surface area contributed by atoms with Crippen LogP contribution in [-0.2, 0) is 19.8 Å². The predicted octanol–water partition coefficient (Wildman–Crippen LogP) is 4.21. The van der Waals surface area contributed by atoms with E-state index in [1.807, 2.05) is 11.6 Å². The summed E-state index contributed by atoms with van der Waals surface area (Å²) in [5.41, 5.74) is -0.701. The van der Waals surface area contributed by atoms with Crippen LogP contribution in [0.4, 0.5) is 13.2 Å². The molecule has 0 spiro atoms. The van der Waals surface area contributed by atoms with Crippen molar-refractivity contribution in [1.29, 1.82) is 0 Å². The fraction of sp³-hybridized carbons (Fsp3) is 0.679. The monoisotopic (exact) mass is 545 g/mol. The number of piperidine rings is 2. The molecule has 3 aromatic heterocycles. The molecule has 6 rings (SSSR count). The van der Waals surface area contributed by atoms with Crippen molar-refractivity contribution >= 4 is 5.52 Å². The largest absolute Gasteiger partial charge is 0.418 e. The van der Waals surface area contributed by atoms with Crippen molar-refractivity contribution in [3.63, 3.8) is 0 Å². The summed E-state index contributed by atoms with van der Waals surface area (Å²) in [5.74, 6) is 2.41. The summed E-state index contributed by atoms with van der Waals surface area (Å²) < 4.78 is 47.5. The van der Waals surface area contributed by atoms with Gasteiger partial charge in [-0.1, -0.05) is 13.3 Å². The van der Waals surface area contributed by atoms with Crippen LogP contribution in [0.25, 0.3) is 5.52 Å². The van der Waals surface area contributed by atoms with E-state index < -0.39 is 17.4 Å². The van der Waals surface area contributed by atoms with Crippen molar-refractivity contribution in [3.8, 4) is 0 Å². The first-order valence-electron chi connectivity index (χ1n) is 14.3. The van der Waals surface area contributed by atoms with Crippen LogP contribution in [-0.4, -0.2) is 54.8 Å². The molecule has 1 saturated carbocycles. The van der Waals surface area contributed by atoms with Gasteiger partial charge in [-0.2, -0.15) is 13.2 Å². The van der Waals surface area contributed by atoms with Crippen LogP contribution in [0.2, 0.25) is 0 Å². The van der Waals surface area contributed by atoms with Gasteiger partial charge in [0.1, 0.15) is 12.2 Å². The first kappa shape index (κ1) is 26.6. The molecule has 5 heterocycles. The number of fused-ring (bicyclic) bond motifs is 1. The van der Waals surface area contributed by atoms with Gasteiger partial charge >= 0.3 is 11.9 Å². The molecular weight excluding hydrogens is 507 g/mol. The Morgan fingerprint density at radius 1 is 1.13 bits per heavy atom. The van der Waals surface area contributed by atoms with Gasteiger partial charge in [0.25, 0.3) is 0 Å². The van der Waals surface area contributed by atoms with Crippen molar-refractivity contribution in [2.75, 3.05) is 26.2 Å². The zero-order valence-electron chi connectivity index (χ0n) is 22.7. The standard InChI is InChI=1S/C28H38F3N7O/c1-18-5-4-8-36(13-18)14-19-9-23(28(29,30)31)24-16-37(27(39)38(24)15-19)22-10-21(11-32-12-22)25(20-6-3-7-20)26-34-33-17-35(26)2/h9,15-18,20-22,25,32H,3-8,10-14H2,1-2H3/t18-,21?,22?,25-/m0/s1. The molecule has 212 valence electrons. The van der Waals surface area contributed by atoms with Gasteiger partial charge in [0.15, 0.2) is 0 Å². The second kappa shape index (κ2) is 10.4. The van der Waals surface area contributed by atoms with Crippen molar-refractivity contribution in [2.45, 2.75) is 70.1 Å². The third kappa shape index (κ3) is 5.15. The van der Waals surface area contributed by atoms with Crippen LogP contribution >= 0.6 is 0 Å². The minimum atomic E-state index is -4.55. The molecule has 0 radical (unpaired) electrons. The Hall–Kier alpha value is -2.66. The molecule has 0 aromatic carbocycles. The van der Waals surface area contributed by atoms with Gasteiger partial charge in [0.2, 0.25) is 0 Å². The van der Waals surface area contributed by atoms with Crippen LogP contribution in [0, 0.1) is 17.8 Å². The quantitative estimate of drug-likeness (QED) is 0.503. The topological polar surface area (TPSA) is 72.4 Å². The second-order valence-corrected chi connectivity index (χ2v) is 12.1. The molecular formula is C28H38F3N7O. The number of pyridine rings is 1. The van der Waals surface area contributed by atoms with Gasteiger partial charge in [-0.05, 0) is 74.6 Å². The Morgan fingerprint density at radius 3 is 2.62 bits per heavy atom. The van der Waals surface area contributed by atoms with E-state index in [9.17, 15) is 18.0 Å². The Balaban J connectivity index is 1.33. The van der Waals surface area contributed by atoms with Crippen molar-refractivity contribution in [2.24, 2.45) is 24.8 Å². The smallest absolute Gasteiger partial charge is 0.320 e. The first-order valence-corrected chi connectivity index (χ1v) is 14.3. The lowest BCUT2D eigenvalue weighted by atomic mass is 9.68. The van der Waals surface area contributed by atoms with Gasteiger partial charge in [-0.25, -0.2) is 4.79 Å². The average molecular weight is 546 g/mol. The lowest BCUT2D eigenvalue weighted by Gasteiger charge is -2.41. The summed E-state index contributed by atoms with van der Waals surface area (Å²) in [5, 5.41) is 12.0. The SMILES string of the molecule is C[C@H]1CCCN(Cc2cc(C(F)(F)F)c3cn(C4CNCC([C@@H](c5nncn5C)C5CCC5)C4)c(=O)n3c2)C1. The van der Waals surface area contributed by atoms with E-state index in [2.05, 4.69) is 27.3 Å². The predicted molar refractivity (Wildman–Crippen MR) is 141 cm³/mol. The number of hydrogen-bond acceptors (Lipinski definition) is 5. The maximum Gasteiger partial charge on any atom is 0.418 e. The fourth-order valence-corrected chi connectivity index (χ4v) is 7.16. The van der Waals surface area contributed by atoms with Crippen LogP contribution in [0.5, 0.6) is 0 Å². The van der Waals surface area contributed by atoms with Crippen LogP contribution in [0.3, 0.4) is 0 Å². The number of aromatic nitrogens is 5. The van der Waals surface area contributed by atoms with Gasteiger partial charge in [0.05, 0.1) is 17.1 Å². The number of alkyl halides is 3. The number of hydrogen-bond donors (Lipinski definition) is 1. The Bertz CT molecular complexity index is 1370. The highest BCUT2D eigenvalue weighted by atomic mass is 19.4. The Kier molecular flexibility index (Phi) is 7.07. The third-order valence-corrected chi connectivity index (χ3v) is 9.27. The molecule has 1 N–H and O–H groups in total. The molecule has 3 aliphatic rings. The molecule has 2 aliphatic heterocycles. The summed E-state index contributed by atoms with van der Waals surface area (Å²) in [4.78, 5) is 15.8. The summed E-state index contributed by atoms with van der Waals surface area (Å²) in [6.07, 6.45) is 6.58. The lowest BCUT2D eigenvalue weighted by molar-refractivity contribution is -0.136. The second-order valence-electron chi connectivity index (χ2n) is 12.1. The van der Waals surface area contributed by atoms with E-state index in [-0.39, 0.29) is 23.4 Å². The summed E-state index contributed by atoms with van der Waals surface area (Å²) in [6.45, 7) is 5.64. The van der Waals surface area contributed by atoms with Crippen LogP contribution in [0.1, 0.15) is 74.4 Å². The zero-order valence-corrected chi connectivity index (χ0v) is 22.7. The number of rotatable bonds is 6. The van der Waals surface area contributed by atoms with Gasteiger partial charge in [0, 0.05) is 45.0 Å². The van der Waals surface area contributed by atoms with Gasteiger partial charge in [-0.3, -0.25) is 13.9 Å². The summed E-state index contributed by atoms with van der Waals surface area (Å²) >= 11 is 0. The number of halogens is 3. The summed E-state index contributed by atoms with van der Waals surface area (Å²) in [7, 11) is 1.96. The van der Waals surface area contributed by atoms with E-state index in [4.69, 9.17) is 0 Å². The molecule has 8 nitrogen and oxygen atoms in total. The van der Waals surface area contributed by atoms with Crippen LogP contribution in [0.15, 0.2) is 29.6 Å². The van der Waals surface area contributed by atoms with Crippen molar-refractivity contribution < 1.29 is 13.2 Å². The van der Waals surface area contributed by atoms with E-state index in [0.717, 1.165) is 51.1 Å². The van der Waals surface area contributed by atoms with Gasteiger partial charge < -0.3 is 9.88 Å². The van der Waals surface area contributed by atoms with Crippen molar-refractivity contribution in [1.82, 2.24) is 33.9 Å². The highest BCUT2D eigenvalue weighted by Crippen LogP contribution is 2.45. The Labute approximate surface area is 226 Å². The average Bonchev–Trinajstić information content (AvgIpc) is 3.43. The molecule has 1 aliphatic carbocycles. The first-order chi connectivity index (χ1) is 18.7. The molecule has 11 heteroatoms. The van der Waals surface area contributed by atoms with Gasteiger partial charge in [-0.15, -0.1) is 10.2 Å². The number of nitrogens with one attached hydrogen (secondary N) is 1. The molecule has 39 heavy (non-hydrogen) atoms. The normalized spacial score (nSPS) is 26.1. The van der Waals surface area contributed by atoms with Crippen LogP contribution < -0.4 is 11.0 Å². The Morgan fingerprint density at radius 2 is 1.95 bits per heavy atom.